The number of aryl methyl sites for hydroxylation is 1. The van der Waals surface area contributed by atoms with Crippen molar-refractivity contribution in [1.82, 2.24) is 4.31 Å². The molecule has 0 heterocycles. The molecule has 1 fully saturated rings. The van der Waals surface area contributed by atoms with Crippen molar-refractivity contribution >= 4 is 30.0 Å². The molecule has 1 amide bonds. The first kappa shape index (κ1) is 29.3. The molecule has 1 aliphatic carbocycles. The van der Waals surface area contributed by atoms with Crippen LogP contribution in [0.5, 0.6) is 5.75 Å². The van der Waals surface area contributed by atoms with E-state index in [1.165, 1.54) is 71.2 Å². The largest absolute Gasteiger partial charge is 0.507 e. The number of rotatable bonds is 9. The molecule has 6 nitrogen and oxygen atoms in total. The van der Waals surface area contributed by atoms with Crippen LogP contribution < -0.4 is 4.90 Å². The molecule has 0 aromatic heterocycles. The van der Waals surface area contributed by atoms with E-state index < -0.39 is 5.97 Å². The van der Waals surface area contributed by atoms with E-state index in [0.717, 1.165) is 12.1 Å². The van der Waals surface area contributed by atoms with Crippen LogP contribution in [0.1, 0.15) is 72.0 Å². The summed E-state index contributed by atoms with van der Waals surface area (Å²) in [5, 5.41) is 18.8. The van der Waals surface area contributed by atoms with Crippen molar-refractivity contribution in [2.75, 3.05) is 18.5 Å². The van der Waals surface area contributed by atoms with Crippen LogP contribution in [0.25, 0.3) is 0 Å². The third-order valence-electron chi connectivity index (χ3n) is 6.81. The highest BCUT2D eigenvalue weighted by atomic mass is 32.2. The Labute approximate surface area is 230 Å². The van der Waals surface area contributed by atoms with Gasteiger partial charge in [-0.15, -0.1) is 0 Å². The van der Waals surface area contributed by atoms with Crippen molar-refractivity contribution in [2.24, 2.45) is 0 Å². The average molecular weight is 535 g/mol. The number of aromatic hydroxyl groups is 1. The Kier molecular flexibility index (Phi) is 11.2. The van der Waals surface area contributed by atoms with E-state index >= 15 is 0 Å². The second-order valence-corrected chi connectivity index (χ2v) is 10.9. The van der Waals surface area contributed by atoms with Crippen LogP contribution in [0.4, 0.5) is 5.69 Å². The quantitative estimate of drug-likeness (QED) is 0.222. The minimum atomic E-state index is -1.20. The second kappa shape index (κ2) is 14.6. The van der Waals surface area contributed by atoms with Crippen LogP contribution in [0, 0.1) is 6.92 Å². The molecule has 1 saturated carbocycles. The molecule has 202 valence electrons. The molecule has 0 bridgehead atoms. The lowest BCUT2D eigenvalue weighted by Crippen LogP contribution is -2.20. The van der Waals surface area contributed by atoms with Gasteiger partial charge in [0.1, 0.15) is 11.3 Å². The highest BCUT2D eigenvalue weighted by Gasteiger charge is 2.16. The van der Waals surface area contributed by atoms with Crippen LogP contribution in [-0.4, -0.2) is 40.5 Å². The summed E-state index contributed by atoms with van der Waals surface area (Å²) in [6.07, 6.45) is 7.09. The summed E-state index contributed by atoms with van der Waals surface area (Å²) in [5.41, 5.74) is 3.93. The van der Waals surface area contributed by atoms with E-state index in [4.69, 9.17) is 5.11 Å². The zero-order valence-corrected chi connectivity index (χ0v) is 23.3. The second-order valence-electron chi connectivity index (χ2n) is 9.66. The number of amides is 1. The number of carboxylic acids is 1. The van der Waals surface area contributed by atoms with Crippen LogP contribution in [-0.2, 0) is 11.3 Å². The zero-order valence-electron chi connectivity index (χ0n) is 22.5. The van der Waals surface area contributed by atoms with E-state index in [-0.39, 0.29) is 11.3 Å². The summed E-state index contributed by atoms with van der Waals surface area (Å²) in [5.74, 6) is -0.917. The Bertz CT molecular complexity index is 1180. The third-order valence-corrected chi connectivity index (χ3v) is 7.86. The van der Waals surface area contributed by atoms with E-state index in [1.807, 2.05) is 12.1 Å². The van der Waals surface area contributed by atoms with Gasteiger partial charge >= 0.3 is 5.97 Å². The first-order valence-corrected chi connectivity index (χ1v) is 13.9. The molecule has 4 rings (SSSR count). The standard InChI is InChI=1S/C21H23NO4.C10H15NS/c23-14-22(18-10-11-19(21(25)26)20(24)12-18)13-15-6-8-17(9-7-15)16-4-2-1-3-5-16;1-4-11(3)12-10-7-5-9(2)6-8-10/h6-12,14,16,24H,1-5,13H2,(H,25,26);5-8H,4H2,1-3H3. The molecule has 7 heteroatoms. The fourth-order valence-electron chi connectivity index (χ4n) is 4.44. The van der Waals surface area contributed by atoms with E-state index in [2.05, 4.69) is 61.6 Å². The Morgan fingerprint density at radius 1 is 1.00 bits per heavy atom. The Morgan fingerprint density at radius 3 is 2.21 bits per heavy atom. The maximum atomic E-state index is 11.5. The summed E-state index contributed by atoms with van der Waals surface area (Å²) in [7, 11) is 2.10. The van der Waals surface area contributed by atoms with Gasteiger partial charge in [0.2, 0.25) is 6.41 Å². The normalized spacial score (nSPS) is 13.5. The minimum absolute atomic E-state index is 0.184. The topological polar surface area (TPSA) is 81.1 Å². The smallest absolute Gasteiger partial charge is 0.339 e. The van der Waals surface area contributed by atoms with Crippen molar-refractivity contribution in [3.63, 3.8) is 0 Å². The van der Waals surface area contributed by atoms with Crippen molar-refractivity contribution < 1.29 is 19.8 Å². The molecule has 0 saturated heterocycles. The summed E-state index contributed by atoms with van der Waals surface area (Å²) < 4.78 is 2.21. The molecular weight excluding hydrogens is 496 g/mol. The average Bonchev–Trinajstić information content (AvgIpc) is 2.94. The molecule has 0 aliphatic heterocycles. The molecule has 0 radical (unpaired) electrons. The molecular formula is C31H38N2O4S. The summed E-state index contributed by atoms with van der Waals surface area (Å²) in [6.45, 7) is 5.69. The predicted octanol–water partition coefficient (Wildman–Crippen LogP) is 7.25. The predicted molar refractivity (Wildman–Crippen MR) is 155 cm³/mol. The molecule has 2 N–H and O–H groups in total. The van der Waals surface area contributed by atoms with Gasteiger partial charge in [-0.05, 0) is 80.1 Å². The monoisotopic (exact) mass is 534 g/mol. The number of carbonyl (C=O) groups excluding carboxylic acids is 1. The fraction of sp³-hybridized carbons (Fsp3) is 0.355. The molecule has 3 aromatic carbocycles. The lowest BCUT2D eigenvalue weighted by Gasteiger charge is -2.23. The number of carboxylic acid groups (broad SMARTS) is 1. The van der Waals surface area contributed by atoms with Crippen LogP contribution in [0.3, 0.4) is 0 Å². The van der Waals surface area contributed by atoms with Gasteiger partial charge in [-0.3, -0.25) is 4.79 Å². The van der Waals surface area contributed by atoms with Gasteiger partial charge in [0.05, 0.1) is 6.54 Å². The highest BCUT2D eigenvalue weighted by Crippen LogP contribution is 2.33. The van der Waals surface area contributed by atoms with Crippen molar-refractivity contribution in [2.45, 2.75) is 63.3 Å². The van der Waals surface area contributed by atoms with E-state index in [1.54, 1.807) is 11.9 Å². The number of phenols is 1. The van der Waals surface area contributed by atoms with Crippen LogP contribution in [0.2, 0.25) is 0 Å². The Hall–Kier alpha value is -3.29. The SMILES string of the molecule is CCN(C)Sc1ccc(C)cc1.O=CN(Cc1ccc(C2CCCCC2)cc1)c1ccc(C(=O)O)c(O)c1. The third kappa shape index (κ3) is 8.64. The molecule has 0 atom stereocenters. The fourth-order valence-corrected chi connectivity index (χ4v) is 5.19. The highest BCUT2D eigenvalue weighted by molar-refractivity contribution is 7.97. The van der Waals surface area contributed by atoms with Gasteiger partial charge in [0.25, 0.3) is 0 Å². The minimum Gasteiger partial charge on any atom is -0.507 e. The maximum absolute atomic E-state index is 11.5. The van der Waals surface area contributed by atoms with Gasteiger partial charge < -0.3 is 15.1 Å². The first-order valence-electron chi connectivity index (χ1n) is 13.1. The number of aromatic carboxylic acids is 1. The number of hydrogen-bond donors (Lipinski definition) is 2. The summed E-state index contributed by atoms with van der Waals surface area (Å²) in [4.78, 5) is 25.2. The van der Waals surface area contributed by atoms with Crippen LogP contribution >= 0.6 is 11.9 Å². The van der Waals surface area contributed by atoms with Crippen LogP contribution in [0.15, 0.2) is 71.6 Å². The molecule has 3 aromatic rings. The number of carbonyl (C=O) groups is 2. The van der Waals surface area contributed by atoms with Gasteiger partial charge in [0, 0.05) is 23.2 Å². The van der Waals surface area contributed by atoms with Gasteiger partial charge in [-0.25, -0.2) is 9.10 Å². The molecule has 0 unspecified atom stereocenters. The molecule has 1 aliphatic rings. The van der Waals surface area contributed by atoms with Crippen molar-refractivity contribution in [3.05, 3.63) is 89.0 Å². The van der Waals surface area contributed by atoms with Gasteiger partial charge in [0.15, 0.2) is 0 Å². The van der Waals surface area contributed by atoms with Gasteiger partial charge in [-0.1, -0.05) is 68.1 Å². The number of anilines is 1. The zero-order chi connectivity index (χ0) is 27.5. The number of nitrogens with zero attached hydrogens (tertiary/aromatic N) is 2. The number of benzene rings is 3. The molecule has 38 heavy (non-hydrogen) atoms. The lowest BCUT2D eigenvalue weighted by molar-refractivity contribution is -0.107. The first-order chi connectivity index (χ1) is 18.3. The maximum Gasteiger partial charge on any atom is 0.339 e. The lowest BCUT2D eigenvalue weighted by atomic mass is 9.84. The Morgan fingerprint density at radius 2 is 1.66 bits per heavy atom. The van der Waals surface area contributed by atoms with Crippen molar-refractivity contribution in [3.8, 4) is 5.75 Å². The number of hydrogen-bond acceptors (Lipinski definition) is 5. The molecule has 0 spiro atoms. The summed E-state index contributed by atoms with van der Waals surface area (Å²) in [6, 6.07) is 21.1. The summed E-state index contributed by atoms with van der Waals surface area (Å²) >= 11 is 1.79. The van der Waals surface area contributed by atoms with E-state index in [9.17, 15) is 14.7 Å². The van der Waals surface area contributed by atoms with E-state index in [0.29, 0.717) is 24.6 Å². The van der Waals surface area contributed by atoms with Crippen molar-refractivity contribution in [1.29, 1.82) is 0 Å². The van der Waals surface area contributed by atoms with Gasteiger partial charge in [-0.2, -0.15) is 0 Å². The Balaban J connectivity index is 0.000000279.